The maximum atomic E-state index is 12.9. The lowest BCUT2D eigenvalue weighted by atomic mass is 10.1. The Kier molecular flexibility index (Phi) is 8.48. The predicted molar refractivity (Wildman–Crippen MR) is 141 cm³/mol. The van der Waals surface area contributed by atoms with E-state index in [0.717, 1.165) is 13.1 Å². The molecule has 0 bridgehead atoms. The van der Waals surface area contributed by atoms with Crippen molar-refractivity contribution in [3.63, 3.8) is 0 Å². The number of carbonyl (C=O) groups is 2. The van der Waals surface area contributed by atoms with E-state index in [-0.39, 0.29) is 16.7 Å². The fourth-order valence-electron chi connectivity index (χ4n) is 4.48. The maximum Gasteiger partial charge on any atom is 0.267 e. The highest BCUT2D eigenvalue weighted by molar-refractivity contribution is 7.89. The van der Waals surface area contributed by atoms with Gasteiger partial charge in [0.1, 0.15) is 5.75 Å². The van der Waals surface area contributed by atoms with Crippen LogP contribution in [0.1, 0.15) is 31.1 Å². The number of sulfonamides is 1. The van der Waals surface area contributed by atoms with E-state index >= 15 is 0 Å². The summed E-state index contributed by atoms with van der Waals surface area (Å²) in [7, 11) is -3.60. The largest absolute Gasteiger partial charge is 0.479 e. The normalized spacial score (nSPS) is 18.4. The van der Waals surface area contributed by atoms with Gasteiger partial charge in [0.25, 0.3) is 11.8 Å². The monoisotopic (exact) mass is 530 g/mol. The Hall–Kier alpha value is -2.99. The zero-order valence-electron chi connectivity index (χ0n) is 21.5. The smallest absolute Gasteiger partial charge is 0.267 e. The van der Waals surface area contributed by atoms with Crippen molar-refractivity contribution < 1.29 is 27.5 Å². The van der Waals surface area contributed by atoms with E-state index < -0.39 is 16.1 Å². The van der Waals surface area contributed by atoms with Crippen LogP contribution in [0.2, 0.25) is 0 Å². The van der Waals surface area contributed by atoms with Gasteiger partial charge in [-0.05, 0) is 49.4 Å². The number of hydrogen-bond acceptors (Lipinski definition) is 7. The molecule has 0 aromatic heterocycles. The van der Waals surface area contributed by atoms with Crippen molar-refractivity contribution in [2.45, 2.75) is 31.8 Å². The summed E-state index contributed by atoms with van der Waals surface area (Å²) in [6.07, 6.45) is -0.594. The molecule has 200 valence electrons. The van der Waals surface area contributed by atoms with Crippen molar-refractivity contribution in [3.8, 4) is 5.75 Å². The molecule has 1 fully saturated rings. The van der Waals surface area contributed by atoms with Crippen molar-refractivity contribution in [1.82, 2.24) is 9.21 Å². The summed E-state index contributed by atoms with van der Waals surface area (Å²) >= 11 is 0. The molecule has 0 saturated carbocycles. The Morgan fingerprint density at radius 2 is 1.73 bits per heavy atom. The Bertz CT molecular complexity index is 1220. The van der Waals surface area contributed by atoms with Gasteiger partial charge in [-0.1, -0.05) is 13.8 Å². The highest BCUT2D eigenvalue weighted by Gasteiger charge is 2.32. The zero-order chi connectivity index (χ0) is 26.6. The lowest BCUT2D eigenvalue weighted by Gasteiger charge is -2.35. The minimum absolute atomic E-state index is 0.130. The minimum Gasteiger partial charge on any atom is -0.479 e. The second-order valence-electron chi connectivity index (χ2n) is 8.95. The number of amides is 2. The van der Waals surface area contributed by atoms with Crippen LogP contribution < -0.4 is 15.0 Å². The van der Waals surface area contributed by atoms with Gasteiger partial charge in [-0.2, -0.15) is 4.31 Å². The Labute approximate surface area is 218 Å². The average Bonchev–Trinajstić information content (AvgIpc) is 2.90. The fraction of sp³-hybridized carbons (Fsp3) is 0.462. The second kappa shape index (κ2) is 11.6. The van der Waals surface area contributed by atoms with E-state index in [2.05, 4.69) is 10.2 Å². The van der Waals surface area contributed by atoms with Crippen LogP contribution in [0.25, 0.3) is 0 Å². The van der Waals surface area contributed by atoms with E-state index in [1.807, 2.05) is 0 Å². The van der Waals surface area contributed by atoms with Crippen LogP contribution in [0.15, 0.2) is 47.4 Å². The number of ether oxygens (including phenoxy) is 2. The number of rotatable bonds is 9. The molecule has 2 amide bonds. The second-order valence-corrected chi connectivity index (χ2v) is 10.9. The molecular formula is C26H34N4O6S. The third kappa shape index (κ3) is 5.96. The number of nitrogens with one attached hydrogen (secondary N) is 1. The molecule has 2 aromatic rings. The van der Waals surface area contributed by atoms with Crippen LogP contribution in [0.4, 0.5) is 11.4 Å². The number of carbonyl (C=O) groups excluding carboxylic acids is 2. The third-order valence-corrected chi connectivity index (χ3v) is 8.69. The van der Waals surface area contributed by atoms with Gasteiger partial charge in [0.05, 0.1) is 23.8 Å². The van der Waals surface area contributed by atoms with Gasteiger partial charge in [0, 0.05) is 50.5 Å². The first-order valence-corrected chi connectivity index (χ1v) is 14.0. The quantitative estimate of drug-likeness (QED) is 0.530. The van der Waals surface area contributed by atoms with Gasteiger partial charge in [-0.15, -0.1) is 0 Å². The maximum absolute atomic E-state index is 12.9. The van der Waals surface area contributed by atoms with Gasteiger partial charge >= 0.3 is 0 Å². The molecule has 1 unspecified atom stereocenters. The predicted octanol–water partition coefficient (Wildman–Crippen LogP) is 2.42. The molecule has 0 aliphatic carbocycles. The summed E-state index contributed by atoms with van der Waals surface area (Å²) in [5, 5.41) is 2.84. The van der Waals surface area contributed by atoms with E-state index in [9.17, 15) is 18.0 Å². The van der Waals surface area contributed by atoms with Crippen LogP contribution in [-0.4, -0.2) is 88.0 Å². The summed E-state index contributed by atoms with van der Waals surface area (Å²) in [5.41, 5.74) is 1.43. The topological polar surface area (TPSA) is 108 Å². The van der Waals surface area contributed by atoms with Gasteiger partial charge in [-0.25, -0.2) is 8.42 Å². The molecule has 0 radical (unpaired) electrons. The minimum atomic E-state index is -3.60. The lowest BCUT2D eigenvalue weighted by molar-refractivity contribution is -0.125. The Morgan fingerprint density at radius 3 is 2.38 bits per heavy atom. The van der Waals surface area contributed by atoms with Crippen molar-refractivity contribution in [2.75, 3.05) is 62.7 Å². The molecule has 2 aromatic carbocycles. The van der Waals surface area contributed by atoms with Crippen molar-refractivity contribution in [1.29, 1.82) is 0 Å². The first-order valence-electron chi connectivity index (χ1n) is 12.6. The average molecular weight is 531 g/mol. The molecule has 2 aliphatic rings. The highest BCUT2D eigenvalue weighted by atomic mass is 32.2. The van der Waals surface area contributed by atoms with Crippen molar-refractivity contribution in [3.05, 3.63) is 48.0 Å². The zero-order valence-corrected chi connectivity index (χ0v) is 22.3. The van der Waals surface area contributed by atoms with Crippen molar-refractivity contribution >= 4 is 33.2 Å². The Balaban J connectivity index is 1.49. The molecule has 1 saturated heterocycles. The highest BCUT2D eigenvalue weighted by Crippen LogP contribution is 2.36. The van der Waals surface area contributed by atoms with E-state index in [1.54, 1.807) is 43.9 Å². The van der Waals surface area contributed by atoms with E-state index in [0.29, 0.717) is 62.1 Å². The molecule has 0 spiro atoms. The van der Waals surface area contributed by atoms with Crippen LogP contribution in [0, 0.1) is 0 Å². The fourth-order valence-corrected chi connectivity index (χ4v) is 5.93. The van der Waals surface area contributed by atoms with E-state index in [1.165, 1.54) is 28.6 Å². The molecule has 4 rings (SSSR count). The number of anilines is 2. The first-order chi connectivity index (χ1) is 17.7. The number of hydrogen-bond donors (Lipinski definition) is 1. The van der Waals surface area contributed by atoms with Crippen LogP contribution in [0.3, 0.4) is 0 Å². The molecular weight excluding hydrogens is 496 g/mol. The molecule has 2 aliphatic heterocycles. The van der Waals surface area contributed by atoms with Crippen LogP contribution in [-0.2, 0) is 19.6 Å². The summed E-state index contributed by atoms with van der Waals surface area (Å²) in [4.78, 5) is 30.0. The molecule has 2 heterocycles. The number of benzene rings is 2. The number of fused-ring (bicyclic) bond motifs is 1. The number of nitrogens with zero attached hydrogens (tertiary/aromatic N) is 3. The summed E-state index contributed by atoms with van der Waals surface area (Å²) < 4.78 is 38.0. The standard InChI is InChI=1S/C26H34N4O6S/c1-4-29(5-2)37(33,34)22-9-6-20(7-10-22)25(31)27-21-8-11-24-23(18-21)30(26(32)19(3)36-24)13-12-28-14-16-35-17-15-28/h6-11,18-19H,4-5,12-17H2,1-3H3,(H,27,31). The van der Waals surface area contributed by atoms with Gasteiger partial charge in [0.2, 0.25) is 10.0 Å². The molecule has 1 atom stereocenters. The molecule has 37 heavy (non-hydrogen) atoms. The molecule has 11 heteroatoms. The summed E-state index contributed by atoms with van der Waals surface area (Å²) in [6.45, 7) is 10.3. The third-order valence-electron chi connectivity index (χ3n) is 6.63. The summed E-state index contributed by atoms with van der Waals surface area (Å²) in [5.74, 6) is 0.0651. The Morgan fingerprint density at radius 1 is 1.05 bits per heavy atom. The van der Waals surface area contributed by atoms with Gasteiger partial charge in [0.15, 0.2) is 6.10 Å². The van der Waals surface area contributed by atoms with Crippen LogP contribution in [0.5, 0.6) is 5.75 Å². The SMILES string of the molecule is CCN(CC)S(=O)(=O)c1ccc(C(=O)Nc2ccc3c(c2)N(CCN2CCOCC2)C(=O)C(C)O3)cc1. The number of morpholine rings is 1. The van der Waals surface area contributed by atoms with Crippen LogP contribution >= 0.6 is 0 Å². The van der Waals surface area contributed by atoms with Gasteiger partial charge < -0.3 is 19.7 Å². The summed E-state index contributed by atoms with van der Waals surface area (Å²) in [6, 6.07) is 11.1. The van der Waals surface area contributed by atoms with Crippen molar-refractivity contribution in [2.24, 2.45) is 0 Å². The molecule has 1 N–H and O–H groups in total. The van der Waals surface area contributed by atoms with Gasteiger partial charge in [-0.3, -0.25) is 14.5 Å². The van der Waals surface area contributed by atoms with E-state index in [4.69, 9.17) is 9.47 Å². The first kappa shape index (κ1) is 27.1. The lowest BCUT2D eigenvalue weighted by Crippen LogP contribution is -2.48. The molecule has 10 nitrogen and oxygen atoms in total.